The van der Waals surface area contributed by atoms with Gasteiger partial charge >= 0.3 is 0 Å². The number of nitrogens with zero attached hydrogens (tertiary/aromatic N) is 2. The maximum absolute atomic E-state index is 3.88. The normalized spacial score (nSPS) is 12.1. The molecule has 1 aromatic heterocycles. The zero-order chi connectivity index (χ0) is 43.4. The summed E-state index contributed by atoms with van der Waals surface area (Å²) in [4.78, 5) is 2.39. The molecule has 2 heteroatoms. The molecule has 0 fully saturated rings. The van der Waals surface area contributed by atoms with Crippen molar-refractivity contribution in [3.8, 4) is 22.3 Å². The van der Waals surface area contributed by atoms with Gasteiger partial charge in [-0.05, 0) is 129 Å². The van der Waals surface area contributed by atoms with Crippen molar-refractivity contribution in [3.63, 3.8) is 0 Å². The third kappa shape index (κ3) is 7.65. The Balaban J connectivity index is 1.11. The second-order valence-corrected chi connectivity index (χ2v) is 16.4. The molecular formula is C62H50N2. The Morgan fingerprint density at radius 2 is 1.27 bits per heavy atom. The third-order valence-corrected chi connectivity index (χ3v) is 12.5. The van der Waals surface area contributed by atoms with E-state index in [-0.39, 0.29) is 0 Å². The Morgan fingerprint density at radius 3 is 2.06 bits per heavy atom. The minimum atomic E-state index is 0.838. The first kappa shape index (κ1) is 40.2. The van der Waals surface area contributed by atoms with Crippen molar-refractivity contribution in [1.82, 2.24) is 4.57 Å². The smallest absolute Gasteiger partial charge is 0.0616 e. The van der Waals surface area contributed by atoms with Crippen LogP contribution in [0.25, 0.3) is 77.4 Å². The Morgan fingerprint density at radius 1 is 0.562 bits per heavy atom. The van der Waals surface area contributed by atoms with E-state index in [1.807, 2.05) is 12.2 Å². The molecule has 0 aliphatic rings. The van der Waals surface area contributed by atoms with Gasteiger partial charge in [-0.15, -0.1) is 0 Å². The monoisotopic (exact) mass is 822 g/mol. The first-order chi connectivity index (χ1) is 31.6. The molecule has 64 heavy (non-hydrogen) atoms. The highest BCUT2D eigenvalue weighted by Gasteiger charge is 2.20. The van der Waals surface area contributed by atoms with Crippen LogP contribution in [0.15, 0.2) is 231 Å². The lowest BCUT2D eigenvalue weighted by Gasteiger charge is -2.26. The molecule has 0 spiro atoms. The molecule has 0 atom stereocenters. The second-order valence-electron chi connectivity index (χ2n) is 16.4. The molecule has 0 N–H and O–H groups in total. The molecule has 0 saturated heterocycles. The summed E-state index contributed by atoms with van der Waals surface area (Å²) in [5.41, 5.74) is 15.6. The van der Waals surface area contributed by atoms with Crippen molar-refractivity contribution in [2.45, 2.75) is 26.7 Å². The van der Waals surface area contributed by atoms with Gasteiger partial charge in [-0.2, -0.15) is 0 Å². The van der Waals surface area contributed by atoms with Gasteiger partial charge in [0.1, 0.15) is 0 Å². The largest absolute Gasteiger partial charge is 0.312 e. The summed E-state index contributed by atoms with van der Waals surface area (Å²) in [6.45, 7) is 8.21. The summed E-state index contributed by atoms with van der Waals surface area (Å²) < 4.78 is 2.50. The van der Waals surface area contributed by atoms with Crippen molar-refractivity contribution < 1.29 is 0 Å². The lowest BCUT2D eigenvalue weighted by atomic mass is 9.97. The number of fused-ring (bicyclic) bond motifs is 6. The van der Waals surface area contributed by atoms with Crippen LogP contribution in [0.4, 0.5) is 17.1 Å². The molecule has 0 bridgehead atoms. The highest BCUT2D eigenvalue weighted by Crippen LogP contribution is 2.44. The third-order valence-electron chi connectivity index (χ3n) is 12.5. The summed E-state index contributed by atoms with van der Waals surface area (Å²) in [6, 6.07) is 71.3. The number of hydrogen-bond donors (Lipinski definition) is 0. The van der Waals surface area contributed by atoms with E-state index in [0.717, 1.165) is 29.9 Å². The van der Waals surface area contributed by atoms with Crippen LogP contribution < -0.4 is 4.90 Å². The molecule has 308 valence electrons. The van der Waals surface area contributed by atoms with Crippen LogP contribution in [-0.4, -0.2) is 4.57 Å². The van der Waals surface area contributed by atoms with Gasteiger partial charge in [0.05, 0.1) is 11.0 Å². The fraction of sp³-hybridized carbons (Fsp3) is 0.0645. The van der Waals surface area contributed by atoms with Crippen molar-refractivity contribution in [1.29, 1.82) is 0 Å². The molecule has 0 unspecified atom stereocenters. The number of hydrogen-bond acceptors (Lipinski definition) is 1. The molecular weight excluding hydrogens is 773 g/mol. The van der Waals surface area contributed by atoms with Crippen molar-refractivity contribution >= 4 is 72.2 Å². The number of rotatable bonds is 12. The molecule has 0 radical (unpaired) electrons. The maximum atomic E-state index is 3.88. The molecule has 0 aliphatic carbocycles. The molecule has 9 aromatic carbocycles. The van der Waals surface area contributed by atoms with Gasteiger partial charge < -0.3 is 9.47 Å². The van der Waals surface area contributed by atoms with Gasteiger partial charge in [0.25, 0.3) is 0 Å². The van der Waals surface area contributed by atoms with Crippen LogP contribution in [0.1, 0.15) is 37.0 Å². The van der Waals surface area contributed by atoms with Gasteiger partial charge in [-0.1, -0.05) is 189 Å². The highest BCUT2D eigenvalue weighted by molar-refractivity contribution is 6.23. The summed E-state index contributed by atoms with van der Waals surface area (Å²) in [5.74, 6) is 0. The standard InChI is InChI=1S/C62H50N2/c1-4-7-17-45-18-9-11-21-49(45)41-44-29-36-54(37-30-44)63(55-38-33-47(34-39-55)51-32-31-46-19-10-12-22-50(46)42-51)56-25-15-23-52(43-56)57-27-16-28-60-61(57)59-40-35-48-20-13-14-26-58(48)62(59)64(60)53(6-3)24-8-5-2/h4-5,7-40,42-43H,1,6,41H2,2-3H3/b8-5-,17-7-,53-24+. The SMILES string of the molecule is C=C/C=C\c1ccccc1Cc1ccc(N(c2ccc(-c3ccc4ccccc4c3)cc2)c2cccc(-c3cccc4c3c3ccc5ccccc5c3n4/C(=C/C=C\C)CC)c2)cc1. The van der Waals surface area contributed by atoms with Crippen LogP contribution in [0.3, 0.4) is 0 Å². The topological polar surface area (TPSA) is 8.17 Å². The molecule has 0 aliphatic heterocycles. The molecule has 0 saturated carbocycles. The molecule has 10 rings (SSSR count). The second kappa shape index (κ2) is 17.8. The Labute approximate surface area is 376 Å². The Hall–Kier alpha value is -7.94. The average molecular weight is 823 g/mol. The maximum Gasteiger partial charge on any atom is 0.0616 e. The number of allylic oxidation sites excluding steroid dienone is 6. The first-order valence-electron chi connectivity index (χ1n) is 22.3. The van der Waals surface area contributed by atoms with E-state index in [0.29, 0.717) is 0 Å². The first-order valence-corrected chi connectivity index (χ1v) is 22.3. The highest BCUT2D eigenvalue weighted by atomic mass is 15.1. The molecule has 2 nitrogen and oxygen atoms in total. The van der Waals surface area contributed by atoms with E-state index in [1.165, 1.54) is 88.0 Å². The van der Waals surface area contributed by atoms with Crippen molar-refractivity contribution in [3.05, 3.63) is 248 Å². The molecule has 10 aromatic rings. The van der Waals surface area contributed by atoms with Crippen LogP contribution in [0.2, 0.25) is 0 Å². The van der Waals surface area contributed by atoms with E-state index < -0.39 is 0 Å². The van der Waals surface area contributed by atoms with E-state index in [1.54, 1.807) is 0 Å². The van der Waals surface area contributed by atoms with Crippen LogP contribution >= 0.6 is 0 Å². The minimum Gasteiger partial charge on any atom is -0.312 e. The quantitative estimate of drug-likeness (QED) is 0.111. The van der Waals surface area contributed by atoms with Gasteiger partial charge in [-0.25, -0.2) is 0 Å². The minimum absolute atomic E-state index is 0.838. The predicted molar refractivity (Wildman–Crippen MR) is 278 cm³/mol. The Bertz CT molecular complexity index is 3410. The van der Waals surface area contributed by atoms with Gasteiger partial charge in [0.2, 0.25) is 0 Å². The van der Waals surface area contributed by atoms with Crippen molar-refractivity contribution in [2.24, 2.45) is 0 Å². The fourth-order valence-corrected chi connectivity index (χ4v) is 9.37. The number of benzene rings is 9. The van der Waals surface area contributed by atoms with Gasteiger partial charge in [0.15, 0.2) is 0 Å². The summed E-state index contributed by atoms with van der Waals surface area (Å²) in [5, 5.41) is 7.51. The number of aromatic nitrogens is 1. The van der Waals surface area contributed by atoms with Gasteiger partial charge in [-0.3, -0.25) is 0 Å². The Kier molecular flexibility index (Phi) is 11.2. The zero-order valence-corrected chi connectivity index (χ0v) is 36.5. The van der Waals surface area contributed by atoms with Gasteiger partial charge in [0, 0.05) is 38.9 Å². The lowest BCUT2D eigenvalue weighted by Crippen LogP contribution is -2.10. The van der Waals surface area contributed by atoms with E-state index in [4.69, 9.17) is 0 Å². The summed E-state index contributed by atoms with van der Waals surface area (Å²) >= 11 is 0. The van der Waals surface area contributed by atoms with Crippen molar-refractivity contribution in [2.75, 3.05) is 4.90 Å². The summed E-state index contributed by atoms with van der Waals surface area (Å²) in [7, 11) is 0. The van der Waals surface area contributed by atoms with Crippen LogP contribution in [-0.2, 0) is 6.42 Å². The average Bonchev–Trinajstić information content (AvgIpc) is 3.70. The predicted octanol–water partition coefficient (Wildman–Crippen LogP) is 17.5. The van der Waals surface area contributed by atoms with E-state index >= 15 is 0 Å². The lowest BCUT2D eigenvalue weighted by molar-refractivity contribution is 1.08. The summed E-state index contributed by atoms with van der Waals surface area (Å²) in [6.07, 6.45) is 14.2. The zero-order valence-electron chi connectivity index (χ0n) is 36.5. The van der Waals surface area contributed by atoms with Crippen LogP contribution in [0.5, 0.6) is 0 Å². The van der Waals surface area contributed by atoms with E-state index in [9.17, 15) is 0 Å². The fourth-order valence-electron chi connectivity index (χ4n) is 9.37. The van der Waals surface area contributed by atoms with Crippen LogP contribution in [0, 0.1) is 0 Å². The molecule has 1 heterocycles. The molecule has 0 amide bonds. The van der Waals surface area contributed by atoms with E-state index in [2.05, 4.69) is 248 Å². The number of anilines is 3.